The predicted octanol–water partition coefficient (Wildman–Crippen LogP) is 2.70. The molecule has 4 heteroatoms. The van der Waals surface area contributed by atoms with E-state index in [0.29, 0.717) is 0 Å². The van der Waals surface area contributed by atoms with E-state index in [-0.39, 0.29) is 6.42 Å². The van der Waals surface area contributed by atoms with E-state index < -0.39 is 23.3 Å². The van der Waals surface area contributed by atoms with E-state index in [1.807, 2.05) is 31.2 Å². The highest BCUT2D eigenvalue weighted by molar-refractivity contribution is 5.79. The first kappa shape index (κ1) is 15.2. The Morgan fingerprint density at radius 1 is 1.16 bits per heavy atom. The summed E-state index contributed by atoms with van der Waals surface area (Å²) < 4.78 is 0. The van der Waals surface area contributed by atoms with Gasteiger partial charge in [-0.25, -0.2) is 0 Å². The van der Waals surface area contributed by atoms with E-state index in [1.165, 1.54) is 5.56 Å². The molecule has 0 heterocycles. The van der Waals surface area contributed by atoms with Gasteiger partial charge in [0.25, 0.3) is 0 Å². The van der Waals surface area contributed by atoms with Gasteiger partial charge >= 0.3 is 11.9 Å². The number of hydrogen-bond acceptors (Lipinski definition) is 2. The Labute approximate surface area is 113 Å². The van der Waals surface area contributed by atoms with Crippen molar-refractivity contribution in [2.24, 2.45) is 5.92 Å². The van der Waals surface area contributed by atoms with Gasteiger partial charge < -0.3 is 10.2 Å². The molecule has 1 aromatic carbocycles. The van der Waals surface area contributed by atoms with Crippen molar-refractivity contribution in [3.63, 3.8) is 0 Å². The van der Waals surface area contributed by atoms with Crippen LogP contribution in [0.15, 0.2) is 24.3 Å². The Hall–Kier alpha value is -1.84. The third-order valence-corrected chi connectivity index (χ3v) is 3.65. The molecular weight excluding hydrogens is 244 g/mol. The van der Waals surface area contributed by atoms with Crippen molar-refractivity contribution in [1.29, 1.82) is 0 Å². The number of aryl methyl sites for hydroxylation is 1. The van der Waals surface area contributed by atoms with Crippen LogP contribution in [0.4, 0.5) is 0 Å². The van der Waals surface area contributed by atoms with E-state index in [0.717, 1.165) is 12.0 Å². The fourth-order valence-corrected chi connectivity index (χ4v) is 2.20. The molecule has 0 saturated carbocycles. The average molecular weight is 264 g/mol. The van der Waals surface area contributed by atoms with Gasteiger partial charge in [0, 0.05) is 5.41 Å². The number of carboxylic acids is 2. The molecule has 19 heavy (non-hydrogen) atoms. The van der Waals surface area contributed by atoms with Crippen LogP contribution in [0.2, 0.25) is 0 Å². The monoisotopic (exact) mass is 264 g/mol. The number of benzene rings is 1. The second-order valence-corrected chi connectivity index (χ2v) is 5.26. The number of carboxylic acid groups (broad SMARTS) is 2. The second-order valence-electron chi connectivity index (χ2n) is 5.26. The summed E-state index contributed by atoms with van der Waals surface area (Å²) in [5.74, 6) is -3.12. The lowest BCUT2D eigenvalue weighted by atomic mass is 9.72. The van der Waals surface area contributed by atoms with Crippen LogP contribution in [0.1, 0.15) is 38.3 Å². The molecule has 0 spiro atoms. The number of hydrogen-bond donors (Lipinski definition) is 2. The highest BCUT2D eigenvalue weighted by Crippen LogP contribution is 2.34. The molecule has 2 N–H and O–H groups in total. The number of aliphatic carboxylic acids is 2. The van der Waals surface area contributed by atoms with Crippen LogP contribution in [0.25, 0.3) is 0 Å². The Morgan fingerprint density at radius 3 is 2.05 bits per heavy atom. The van der Waals surface area contributed by atoms with Crippen molar-refractivity contribution in [2.45, 2.75) is 39.0 Å². The van der Waals surface area contributed by atoms with E-state index in [4.69, 9.17) is 5.11 Å². The van der Waals surface area contributed by atoms with Gasteiger partial charge in [0.2, 0.25) is 0 Å². The van der Waals surface area contributed by atoms with Crippen molar-refractivity contribution in [2.75, 3.05) is 0 Å². The quantitative estimate of drug-likeness (QED) is 0.828. The maximum Gasteiger partial charge on any atom is 0.307 e. The molecule has 0 saturated heterocycles. The lowest BCUT2D eigenvalue weighted by Gasteiger charge is -2.31. The predicted molar refractivity (Wildman–Crippen MR) is 72.2 cm³/mol. The van der Waals surface area contributed by atoms with Gasteiger partial charge in [-0.15, -0.1) is 0 Å². The highest BCUT2D eigenvalue weighted by atomic mass is 16.4. The fourth-order valence-electron chi connectivity index (χ4n) is 2.20. The maximum atomic E-state index is 11.3. The largest absolute Gasteiger partial charge is 0.481 e. The SMILES string of the molecule is CCc1ccc(C(C)(C)[C@@H](CC(=O)O)C(=O)O)cc1. The Morgan fingerprint density at radius 2 is 1.68 bits per heavy atom. The van der Waals surface area contributed by atoms with Gasteiger partial charge in [-0.3, -0.25) is 9.59 Å². The number of rotatable bonds is 6. The minimum absolute atomic E-state index is 0.377. The van der Waals surface area contributed by atoms with Crippen molar-refractivity contribution in [1.82, 2.24) is 0 Å². The summed E-state index contributed by atoms with van der Waals surface area (Å²) in [4.78, 5) is 22.1. The van der Waals surface area contributed by atoms with Crippen molar-refractivity contribution in [3.8, 4) is 0 Å². The zero-order chi connectivity index (χ0) is 14.6. The van der Waals surface area contributed by atoms with Crippen LogP contribution >= 0.6 is 0 Å². The third-order valence-electron chi connectivity index (χ3n) is 3.65. The third kappa shape index (κ3) is 3.56. The van der Waals surface area contributed by atoms with E-state index >= 15 is 0 Å². The van der Waals surface area contributed by atoms with E-state index in [1.54, 1.807) is 13.8 Å². The molecule has 1 atom stereocenters. The zero-order valence-electron chi connectivity index (χ0n) is 11.5. The maximum absolute atomic E-state index is 11.3. The first-order chi connectivity index (χ1) is 8.78. The van der Waals surface area contributed by atoms with Crippen LogP contribution in [0.5, 0.6) is 0 Å². The fraction of sp³-hybridized carbons (Fsp3) is 0.467. The molecule has 0 aromatic heterocycles. The van der Waals surface area contributed by atoms with Crippen molar-refractivity contribution in [3.05, 3.63) is 35.4 Å². The molecule has 1 aromatic rings. The van der Waals surface area contributed by atoms with Crippen LogP contribution in [0.3, 0.4) is 0 Å². The Balaban J connectivity index is 3.09. The van der Waals surface area contributed by atoms with Crippen molar-refractivity contribution >= 4 is 11.9 Å². The van der Waals surface area contributed by atoms with Crippen LogP contribution in [-0.4, -0.2) is 22.2 Å². The van der Waals surface area contributed by atoms with E-state index in [2.05, 4.69) is 0 Å². The molecule has 0 aliphatic carbocycles. The molecule has 0 aliphatic heterocycles. The lowest BCUT2D eigenvalue weighted by molar-refractivity contribution is -0.150. The molecule has 4 nitrogen and oxygen atoms in total. The summed E-state index contributed by atoms with van der Waals surface area (Å²) in [6.45, 7) is 5.59. The summed E-state index contributed by atoms with van der Waals surface area (Å²) in [5.41, 5.74) is 1.29. The van der Waals surface area contributed by atoms with Crippen LogP contribution in [0, 0.1) is 5.92 Å². The molecule has 0 aliphatic rings. The summed E-state index contributed by atoms with van der Waals surface area (Å²) in [6, 6.07) is 7.68. The Bertz CT molecular complexity index is 460. The van der Waals surface area contributed by atoms with Crippen LogP contribution < -0.4 is 0 Å². The minimum atomic E-state index is -1.09. The van der Waals surface area contributed by atoms with Gasteiger partial charge in [0.15, 0.2) is 0 Å². The first-order valence-electron chi connectivity index (χ1n) is 6.33. The Kier molecular flexibility index (Phi) is 4.70. The van der Waals surface area contributed by atoms with Gasteiger partial charge in [-0.05, 0) is 17.5 Å². The average Bonchev–Trinajstić information content (AvgIpc) is 2.35. The molecule has 0 radical (unpaired) electrons. The summed E-state index contributed by atoms with van der Waals surface area (Å²) in [5, 5.41) is 18.1. The van der Waals surface area contributed by atoms with Gasteiger partial charge in [0.1, 0.15) is 0 Å². The lowest BCUT2D eigenvalue weighted by Crippen LogP contribution is -2.36. The minimum Gasteiger partial charge on any atom is -0.481 e. The second kappa shape index (κ2) is 5.87. The van der Waals surface area contributed by atoms with Crippen molar-refractivity contribution < 1.29 is 19.8 Å². The van der Waals surface area contributed by atoms with Gasteiger partial charge in [-0.1, -0.05) is 45.0 Å². The summed E-state index contributed by atoms with van der Waals surface area (Å²) in [7, 11) is 0. The van der Waals surface area contributed by atoms with Gasteiger partial charge in [0.05, 0.1) is 12.3 Å². The molecule has 104 valence electrons. The molecule has 0 bridgehead atoms. The standard InChI is InChI=1S/C15H20O4/c1-4-10-5-7-11(8-6-10)15(2,3)12(14(18)19)9-13(16)17/h5-8,12H,4,9H2,1-3H3,(H,16,17)(H,18,19)/t12-/m0/s1. The van der Waals surface area contributed by atoms with Gasteiger partial charge in [-0.2, -0.15) is 0 Å². The summed E-state index contributed by atoms with van der Waals surface area (Å²) in [6.07, 6.45) is 0.538. The molecule has 1 rings (SSSR count). The first-order valence-corrected chi connectivity index (χ1v) is 6.33. The zero-order valence-corrected chi connectivity index (χ0v) is 11.5. The normalized spacial score (nSPS) is 13.0. The molecule has 0 fully saturated rings. The molecular formula is C15H20O4. The number of carbonyl (C=O) groups is 2. The molecule has 0 amide bonds. The summed E-state index contributed by atoms with van der Waals surface area (Å²) >= 11 is 0. The smallest absolute Gasteiger partial charge is 0.307 e. The topological polar surface area (TPSA) is 74.6 Å². The van der Waals surface area contributed by atoms with Crippen LogP contribution in [-0.2, 0) is 21.4 Å². The highest BCUT2D eigenvalue weighted by Gasteiger charge is 2.38. The van der Waals surface area contributed by atoms with E-state index in [9.17, 15) is 14.7 Å². The molecule has 0 unspecified atom stereocenters.